The van der Waals surface area contributed by atoms with E-state index in [0.717, 1.165) is 5.56 Å². The highest BCUT2D eigenvalue weighted by Gasteiger charge is 2.32. The molecule has 0 radical (unpaired) electrons. The highest BCUT2D eigenvalue weighted by molar-refractivity contribution is 7.89. The van der Waals surface area contributed by atoms with Crippen LogP contribution < -0.4 is 14.8 Å². The van der Waals surface area contributed by atoms with Crippen LogP contribution in [0.5, 0.6) is 11.5 Å². The molecule has 7 nitrogen and oxygen atoms in total. The van der Waals surface area contributed by atoms with Crippen LogP contribution in [0.2, 0.25) is 5.02 Å². The Labute approximate surface area is 190 Å². The van der Waals surface area contributed by atoms with Crippen LogP contribution in [0.25, 0.3) is 0 Å². The molecule has 32 heavy (non-hydrogen) atoms. The lowest BCUT2D eigenvalue weighted by molar-refractivity contribution is -0.117. The Morgan fingerprint density at radius 3 is 2.53 bits per heavy atom. The van der Waals surface area contributed by atoms with Gasteiger partial charge >= 0.3 is 0 Å². The predicted molar refractivity (Wildman–Crippen MR) is 120 cm³/mol. The first-order valence-electron chi connectivity index (χ1n) is 9.65. The number of rotatable bonds is 5. The largest absolute Gasteiger partial charge is 0.456 e. The van der Waals surface area contributed by atoms with Crippen LogP contribution in [-0.2, 0) is 14.8 Å². The minimum absolute atomic E-state index is 0.00981. The number of carbonyl (C=O) groups excluding carboxylic acids is 1. The zero-order valence-electron chi connectivity index (χ0n) is 16.7. The first-order valence-corrected chi connectivity index (χ1v) is 11.6. The van der Waals surface area contributed by atoms with Crippen LogP contribution in [0.3, 0.4) is 0 Å². The molecule has 1 saturated heterocycles. The molecule has 0 saturated carbocycles. The number of hydrogen-bond acceptors (Lipinski definition) is 5. The average molecular weight is 468 g/mol. The Kier molecular flexibility index (Phi) is 5.89. The van der Waals surface area contributed by atoms with E-state index in [9.17, 15) is 13.2 Å². The van der Waals surface area contributed by atoms with Gasteiger partial charge in [-0.1, -0.05) is 23.7 Å². The van der Waals surface area contributed by atoms with Crippen molar-refractivity contribution < 1.29 is 17.9 Å². The number of benzene rings is 3. The number of anilines is 1. The molecular weight excluding hydrogens is 450 g/mol. The maximum Gasteiger partial charge on any atom is 0.238 e. The van der Waals surface area contributed by atoms with Gasteiger partial charge in [0.1, 0.15) is 11.5 Å². The Balaban J connectivity index is 1.55. The van der Waals surface area contributed by atoms with Gasteiger partial charge in [-0.2, -0.15) is 5.26 Å². The van der Waals surface area contributed by atoms with E-state index in [1.165, 1.54) is 12.1 Å². The molecule has 0 bridgehead atoms. The molecule has 162 valence electrons. The highest BCUT2D eigenvalue weighted by atomic mass is 35.5. The maximum absolute atomic E-state index is 12.6. The second-order valence-electron chi connectivity index (χ2n) is 7.38. The van der Waals surface area contributed by atoms with E-state index in [4.69, 9.17) is 26.7 Å². The standard InChI is InChI=1S/C23H18ClN3O4S/c24-21-9-4-16(11-22(21)31-19-3-1-2-15(10-19)13-25)17-12-23(28)27(14-17)18-5-7-20(8-6-18)32(26,29)30/h1-11,17H,12,14H2,(H2,26,29,30)/t17-/m0/s1. The van der Waals surface area contributed by atoms with E-state index < -0.39 is 10.0 Å². The normalized spacial score (nSPS) is 16.1. The van der Waals surface area contributed by atoms with Crippen molar-refractivity contribution >= 4 is 33.2 Å². The lowest BCUT2D eigenvalue weighted by Gasteiger charge is -2.18. The Morgan fingerprint density at radius 2 is 1.84 bits per heavy atom. The van der Waals surface area contributed by atoms with E-state index in [0.29, 0.717) is 40.7 Å². The van der Waals surface area contributed by atoms with E-state index in [2.05, 4.69) is 6.07 Å². The molecule has 0 aromatic heterocycles. The summed E-state index contributed by atoms with van der Waals surface area (Å²) in [4.78, 5) is 14.3. The summed E-state index contributed by atoms with van der Waals surface area (Å²) in [5.74, 6) is 0.757. The van der Waals surface area contributed by atoms with Crippen molar-refractivity contribution in [3.63, 3.8) is 0 Å². The average Bonchev–Trinajstić information content (AvgIpc) is 3.16. The van der Waals surface area contributed by atoms with Crippen LogP contribution >= 0.6 is 11.6 Å². The number of nitrogens with two attached hydrogens (primary N) is 1. The van der Waals surface area contributed by atoms with Crippen LogP contribution in [0.4, 0.5) is 5.69 Å². The minimum Gasteiger partial charge on any atom is -0.456 e. The molecule has 3 aromatic rings. The predicted octanol–water partition coefficient (Wildman–Crippen LogP) is 4.17. The molecule has 0 aliphatic carbocycles. The fourth-order valence-electron chi connectivity index (χ4n) is 3.60. The molecule has 1 atom stereocenters. The number of carbonyl (C=O) groups is 1. The molecule has 1 aliphatic heterocycles. The SMILES string of the molecule is N#Cc1cccc(Oc2cc([C@H]3CC(=O)N(c4ccc(S(N)(=O)=O)cc4)C3)ccc2Cl)c1. The van der Waals surface area contributed by atoms with Crippen LogP contribution in [0, 0.1) is 11.3 Å². The van der Waals surface area contributed by atoms with Crippen LogP contribution in [0.15, 0.2) is 71.6 Å². The van der Waals surface area contributed by atoms with Crippen molar-refractivity contribution in [3.05, 3.63) is 82.9 Å². The first-order chi connectivity index (χ1) is 15.2. The monoisotopic (exact) mass is 467 g/mol. The summed E-state index contributed by atoms with van der Waals surface area (Å²) in [6.45, 7) is 0.429. The summed E-state index contributed by atoms with van der Waals surface area (Å²) in [7, 11) is -3.80. The van der Waals surface area contributed by atoms with E-state index >= 15 is 0 Å². The van der Waals surface area contributed by atoms with Gasteiger partial charge in [-0.15, -0.1) is 0 Å². The summed E-state index contributed by atoms with van der Waals surface area (Å²) >= 11 is 6.30. The maximum atomic E-state index is 12.6. The zero-order chi connectivity index (χ0) is 22.9. The highest BCUT2D eigenvalue weighted by Crippen LogP contribution is 2.37. The summed E-state index contributed by atoms with van der Waals surface area (Å²) in [5, 5.41) is 14.6. The van der Waals surface area contributed by atoms with Gasteiger partial charge in [0.2, 0.25) is 15.9 Å². The third-order valence-corrected chi connectivity index (χ3v) is 6.46. The fourth-order valence-corrected chi connectivity index (χ4v) is 4.28. The van der Waals surface area contributed by atoms with Gasteiger partial charge in [0.05, 0.1) is 21.6 Å². The molecule has 4 rings (SSSR count). The van der Waals surface area contributed by atoms with Crippen LogP contribution in [-0.4, -0.2) is 20.9 Å². The third kappa shape index (κ3) is 4.60. The summed E-state index contributed by atoms with van der Waals surface area (Å²) < 4.78 is 28.8. The zero-order valence-corrected chi connectivity index (χ0v) is 18.3. The molecule has 1 amide bonds. The van der Waals surface area contributed by atoms with Gasteiger partial charge in [-0.05, 0) is 60.2 Å². The molecule has 9 heteroatoms. The summed E-state index contributed by atoms with van der Waals surface area (Å²) in [6.07, 6.45) is 0.294. The van der Waals surface area contributed by atoms with Gasteiger partial charge in [-0.3, -0.25) is 4.79 Å². The van der Waals surface area contributed by atoms with E-state index in [1.54, 1.807) is 53.4 Å². The molecule has 0 unspecified atom stereocenters. The van der Waals surface area contributed by atoms with Crippen molar-refractivity contribution in [1.82, 2.24) is 0 Å². The van der Waals surface area contributed by atoms with Gasteiger partial charge < -0.3 is 9.64 Å². The van der Waals surface area contributed by atoms with Crippen molar-refractivity contribution in [3.8, 4) is 17.6 Å². The van der Waals surface area contributed by atoms with Crippen molar-refractivity contribution in [1.29, 1.82) is 5.26 Å². The van der Waals surface area contributed by atoms with Gasteiger partial charge in [-0.25, -0.2) is 13.6 Å². The molecule has 0 spiro atoms. The topological polar surface area (TPSA) is 113 Å². The molecule has 3 aromatic carbocycles. The second-order valence-corrected chi connectivity index (χ2v) is 9.34. The number of halogens is 1. The second kappa shape index (κ2) is 8.63. The smallest absolute Gasteiger partial charge is 0.238 e. The number of sulfonamides is 1. The molecule has 1 heterocycles. The molecule has 1 fully saturated rings. The van der Waals surface area contributed by atoms with E-state index in [1.807, 2.05) is 6.07 Å². The first kappa shape index (κ1) is 21.8. The van der Waals surface area contributed by atoms with Gasteiger partial charge in [0.15, 0.2) is 0 Å². The Bertz CT molecular complexity index is 1330. The molecule has 2 N–H and O–H groups in total. The van der Waals surface area contributed by atoms with Crippen LogP contribution in [0.1, 0.15) is 23.5 Å². The molecular formula is C23H18ClN3O4S. The number of hydrogen-bond donors (Lipinski definition) is 1. The third-order valence-electron chi connectivity index (χ3n) is 5.22. The fraction of sp³-hybridized carbons (Fsp3) is 0.130. The summed E-state index contributed by atoms with van der Waals surface area (Å²) in [5.41, 5.74) is 1.96. The van der Waals surface area contributed by atoms with Crippen molar-refractivity contribution in [2.24, 2.45) is 5.14 Å². The molecule has 1 aliphatic rings. The van der Waals surface area contributed by atoms with Gasteiger partial charge in [0.25, 0.3) is 0 Å². The lowest BCUT2D eigenvalue weighted by atomic mass is 9.98. The number of ether oxygens (including phenoxy) is 1. The number of nitriles is 1. The number of primary sulfonamides is 1. The minimum atomic E-state index is -3.80. The quantitative estimate of drug-likeness (QED) is 0.604. The number of amides is 1. The van der Waals surface area contributed by atoms with Crippen molar-refractivity contribution in [2.45, 2.75) is 17.2 Å². The summed E-state index contributed by atoms with van der Waals surface area (Å²) in [6, 6.07) is 20.1. The van der Waals surface area contributed by atoms with Gasteiger partial charge in [0, 0.05) is 24.6 Å². The Hall–Kier alpha value is -3.38. The van der Waals surface area contributed by atoms with Crippen molar-refractivity contribution in [2.75, 3.05) is 11.4 Å². The van der Waals surface area contributed by atoms with E-state index in [-0.39, 0.29) is 16.7 Å². The lowest BCUT2D eigenvalue weighted by Crippen LogP contribution is -2.24. The number of nitrogens with zero attached hydrogens (tertiary/aromatic N) is 2. The Morgan fingerprint density at radius 1 is 1.09 bits per heavy atom.